The zero-order valence-electron chi connectivity index (χ0n) is 13.2. The van der Waals surface area contributed by atoms with E-state index >= 15 is 0 Å². The maximum Gasteiger partial charge on any atom is 0.242 e. The Morgan fingerprint density at radius 2 is 1.85 bits per heavy atom. The van der Waals surface area contributed by atoms with Gasteiger partial charge in [-0.3, -0.25) is 4.79 Å². The largest absolute Gasteiger partial charge is 0.381 e. The SMILES string of the molecule is CCCC(C#N)(CCC)C(=O)N(C)CC1CCOCC1. The average Bonchev–Trinajstić information content (AvgIpc) is 2.47. The highest BCUT2D eigenvalue weighted by Gasteiger charge is 2.39. The molecule has 0 spiro atoms. The molecule has 0 saturated carbocycles. The summed E-state index contributed by atoms with van der Waals surface area (Å²) in [4.78, 5) is 14.5. The van der Waals surface area contributed by atoms with Crippen molar-refractivity contribution in [2.24, 2.45) is 11.3 Å². The minimum Gasteiger partial charge on any atom is -0.381 e. The Labute approximate surface area is 123 Å². The van der Waals surface area contributed by atoms with Crippen LogP contribution in [-0.2, 0) is 9.53 Å². The van der Waals surface area contributed by atoms with E-state index in [1.807, 2.05) is 20.9 Å². The minimum absolute atomic E-state index is 0.00944. The Morgan fingerprint density at radius 3 is 2.30 bits per heavy atom. The molecular formula is C16H28N2O2. The zero-order valence-corrected chi connectivity index (χ0v) is 13.2. The van der Waals surface area contributed by atoms with Gasteiger partial charge < -0.3 is 9.64 Å². The molecule has 0 radical (unpaired) electrons. The van der Waals surface area contributed by atoms with Crippen LogP contribution in [0, 0.1) is 22.7 Å². The predicted octanol–water partition coefficient (Wildman–Crippen LogP) is 2.98. The quantitative estimate of drug-likeness (QED) is 0.720. The number of carbonyl (C=O) groups is 1. The van der Waals surface area contributed by atoms with Crippen molar-refractivity contribution in [3.05, 3.63) is 0 Å². The van der Waals surface area contributed by atoms with Crippen molar-refractivity contribution in [1.82, 2.24) is 4.90 Å². The van der Waals surface area contributed by atoms with E-state index in [4.69, 9.17) is 4.74 Å². The average molecular weight is 280 g/mol. The van der Waals surface area contributed by atoms with Gasteiger partial charge in [0, 0.05) is 26.8 Å². The molecule has 1 fully saturated rings. The number of amides is 1. The molecule has 4 heteroatoms. The van der Waals surface area contributed by atoms with Gasteiger partial charge >= 0.3 is 0 Å². The van der Waals surface area contributed by atoms with Crippen molar-refractivity contribution < 1.29 is 9.53 Å². The van der Waals surface area contributed by atoms with Crippen molar-refractivity contribution in [1.29, 1.82) is 5.26 Å². The van der Waals surface area contributed by atoms with Crippen molar-refractivity contribution >= 4 is 5.91 Å². The fraction of sp³-hybridized carbons (Fsp3) is 0.875. The molecule has 1 aliphatic rings. The lowest BCUT2D eigenvalue weighted by molar-refractivity contribution is -0.139. The standard InChI is InChI=1S/C16H28N2O2/c1-4-8-16(13-17,9-5-2)15(19)18(3)12-14-6-10-20-11-7-14/h14H,4-12H2,1-3H3. The van der Waals surface area contributed by atoms with Crippen molar-refractivity contribution in [3.8, 4) is 6.07 Å². The van der Waals surface area contributed by atoms with Gasteiger partial charge in [-0.15, -0.1) is 0 Å². The van der Waals surface area contributed by atoms with Crippen LogP contribution in [0.4, 0.5) is 0 Å². The summed E-state index contributed by atoms with van der Waals surface area (Å²) in [5.41, 5.74) is -0.816. The monoisotopic (exact) mass is 280 g/mol. The fourth-order valence-corrected chi connectivity index (χ4v) is 3.12. The van der Waals surface area contributed by atoms with E-state index in [0.717, 1.165) is 45.4 Å². The van der Waals surface area contributed by atoms with Gasteiger partial charge in [-0.2, -0.15) is 5.26 Å². The molecule has 0 aromatic rings. The van der Waals surface area contributed by atoms with Crippen LogP contribution >= 0.6 is 0 Å². The number of nitriles is 1. The van der Waals surface area contributed by atoms with Crippen molar-refractivity contribution in [2.75, 3.05) is 26.8 Å². The maximum absolute atomic E-state index is 12.7. The van der Waals surface area contributed by atoms with Crippen molar-refractivity contribution in [2.45, 2.75) is 52.4 Å². The Morgan fingerprint density at radius 1 is 1.30 bits per heavy atom. The molecule has 0 N–H and O–H groups in total. The molecule has 1 saturated heterocycles. The van der Waals surface area contributed by atoms with Gasteiger partial charge in [0.15, 0.2) is 0 Å². The molecule has 0 aliphatic carbocycles. The first-order chi connectivity index (χ1) is 9.59. The molecule has 0 bridgehead atoms. The van der Waals surface area contributed by atoms with Crippen LogP contribution in [-0.4, -0.2) is 37.6 Å². The van der Waals surface area contributed by atoms with Gasteiger partial charge in [0.1, 0.15) is 5.41 Å². The molecule has 0 aromatic heterocycles. The predicted molar refractivity (Wildman–Crippen MR) is 79.0 cm³/mol. The van der Waals surface area contributed by atoms with Crippen LogP contribution in [0.25, 0.3) is 0 Å². The first-order valence-electron chi connectivity index (χ1n) is 7.84. The van der Waals surface area contributed by atoms with Gasteiger partial charge in [0.2, 0.25) is 5.91 Å². The van der Waals surface area contributed by atoms with E-state index in [9.17, 15) is 10.1 Å². The lowest BCUT2D eigenvalue weighted by atomic mass is 9.79. The highest BCUT2D eigenvalue weighted by Crippen LogP contribution is 2.32. The zero-order chi connectivity index (χ0) is 15.0. The molecule has 1 rings (SSSR count). The number of nitrogens with zero attached hydrogens (tertiary/aromatic N) is 2. The van der Waals surface area contributed by atoms with E-state index < -0.39 is 5.41 Å². The first-order valence-corrected chi connectivity index (χ1v) is 7.84. The molecule has 0 unspecified atom stereocenters. The lowest BCUT2D eigenvalue weighted by Crippen LogP contribution is -2.44. The molecule has 1 aliphatic heterocycles. The summed E-state index contributed by atoms with van der Waals surface area (Å²) in [6.07, 6.45) is 5.08. The van der Waals surface area contributed by atoms with E-state index in [1.165, 1.54) is 0 Å². The first kappa shape index (κ1) is 17.0. The highest BCUT2D eigenvalue weighted by atomic mass is 16.5. The number of hydrogen-bond acceptors (Lipinski definition) is 3. The Bertz CT molecular complexity index is 337. The van der Waals surface area contributed by atoms with Gasteiger partial charge in [0.05, 0.1) is 6.07 Å². The van der Waals surface area contributed by atoms with Crippen LogP contribution in [0.1, 0.15) is 52.4 Å². The molecule has 114 valence electrons. The van der Waals surface area contributed by atoms with E-state index in [0.29, 0.717) is 18.8 Å². The molecule has 0 aromatic carbocycles. The highest BCUT2D eigenvalue weighted by molar-refractivity contribution is 5.85. The smallest absolute Gasteiger partial charge is 0.242 e. The van der Waals surface area contributed by atoms with Gasteiger partial charge in [-0.25, -0.2) is 0 Å². The Hall–Kier alpha value is -1.08. The molecule has 1 heterocycles. The van der Waals surface area contributed by atoms with Crippen LogP contribution in [0.3, 0.4) is 0 Å². The third-order valence-corrected chi connectivity index (χ3v) is 4.20. The summed E-state index contributed by atoms with van der Waals surface area (Å²) in [7, 11) is 1.84. The third-order valence-electron chi connectivity index (χ3n) is 4.20. The van der Waals surface area contributed by atoms with Crippen LogP contribution in [0.2, 0.25) is 0 Å². The van der Waals surface area contributed by atoms with Crippen LogP contribution in [0.15, 0.2) is 0 Å². The topological polar surface area (TPSA) is 53.3 Å². The summed E-state index contributed by atoms with van der Waals surface area (Å²) < 4.78 is 5.35. The summed E-state index contributed by atoms with van der Waals surface area (Å²) >= 11 is 0. The lowest BCUT2D eigenvalue weighted by Gasteiger charge is -2.33. The fourth-order valence-electron chi connectivity index (χ4n) is 3.12. The summed E-state index contributed by atoms with van der Waals surface area (Å²) in [5, 5.41) is 9.55. The van der Waals surface area contributed by atoms with E-state index in [-0.39, 0.29) is 5.91 Å². The van der Waals surface area contributed by atoms with E-state index in [2.05, 4.69) is 6.07 Å². The Balaban J connectivity index is 2.69. The second kappa shape index (κ2) is 8.26. The maximum atomic E-state index is 12.7. The number of carbonyl (C=O) groups excluding carboxylic acids is 1. The molecule has 20 heavy (non-hydrogen) atoms. The van der Waals surface area contributed by atoms with E-state index in [1.54, 1.807) is 4.90 Å². The van der Waals surface area contributed by atoms with Gasteiger partial charge in [0.25, 0.3) is 0 Å². The number of rotatable bonds is 7. The second-order valence-electron chi connectivity index (χ2n) is 5.94. The number of hydrogen-bond donors (Lipinski definition) is 0. The molecule has 1 amide bonds. The molecule has 4 nitrogen and oxygen atoms in total. The molecular weight excluding hydrogens is 252 g/mol. The Kier molecular flexibility index (Phi) is 7.01. The third kappa shape index (κ3) is 4.21. The molecule has 0 atom stereocenters. The summed E-state index contributed by atoms with van der Waals surface area (Å²) in [5.74, 6) is 0.521. The van der Waals surface area contributed by atoms with Crippen LogP contribution < -0.4 is 0 Å². The second-order valence-corrected chi connectivity index (χ2v) is 5.94. The van der Waals surface area contributed by atoms with Gasteiger partial charge in [-0.1, -0.05) is 26.7 Å². The normalized spacial score (nSPS) is 16.7. The summed E-state index contributed by atoms with van der Waals surface area (Å²) in [6.45, 7) is 6.40. The summed E-state index contributed by atoms with van der Waals surface area (Å²) in [6, 6.07) is 2.32. The van der Waals surface area contributed by atoms with Gasteiger partial charge in [-0.05, 0) is 31.6 Å². The van der Waals surface area contributed by atoms with Crippen LogP contribution in [0.5, 0.6) is 0 Å². The van der Waals surface area contributed by atoms with Crippen molar-refractivity contribution in [3.63, 3.8) is 0 Å². The minimum atomic E-state index is -0.816. The number of ether oxygens (including phenoxy) is 1.